The SMILES string of the molecule is C=C(c1ccc(Oc2ccc3ccc(Oc4ccc(C(=C)C5COC6(CCCCC6)OO5)cc4)cc3c2)cc1)C1COC2(CCCCC2)OO1. The standard InChI is InChI=1S/C42H44O8/c1-29(39-27-43-41(49-47-39)21-5-3-6-22-41)31-9-15-35(16-10-31)45-37-19-13-33-14-20-38(26-34(33)25-37)46-36-17-11-32(12-18-36)30(2)40-28-44-42(50-48-40)23-7-4-8-24-42/h9-20,25-26,39-40H,1-8,21-24,27-28H2. The van der Waals surface area contributed by atoms with Gasteiger partial charge >= 0.3 is 0 Å². The Labute approximate surface area is 293 Å². The van der Waals surface area contributed by atoms with Gasteiger partial charge in [-0.05, 0) is 107 Å². The van der Waals surface area contributed by atoms with Gasteiger partial charge in [-0.3, -0.25) is 0 Å². The van der Waals surface area contributed by atoms with Gasteiger partial charge in [0.25, 0.3) is 0 Å². The second-order valence-electron chi connectivity index (χ2n) is 13.9. The first-order valence-electron chi connectivity index (χ1n) is 17.9. The van der Waals surface area contributed by atoms with Gasteiger partial charge in [0.15, 0.2) is 0 Å². The first kappa shape index (κ1) is 33.1. The Balaban J connectivity index is 0.863. The summed E-state index contributed by atoms with van der Waals surface area (Å²) >= 11 is 0. The third-order valence-corrected chi connectivity index (χ3v) is 10.3. The predicted molar refractivity (Wildman–Crippen MR) is 190 cm³/mol. The Hall–Kier alpha value is -4.02. The molecule has 2 unspecified atom stereocenters. The van der Waals surface area contributed by atoms with Crippen LogP contribution in [0.2, 0.25) is 0 Å². The molecule has 4 aromatic carbocycles. The molecule has 0 bridgehead atoms. The second-order valence-corrected chi connectivity index (χ2v) is 13.9. The monoisotopic (exact) mass is 676 g/mol. The molecule has 4 aromatic rings. The lowest BCUT2D eigenvalue weighted by atomic mass is 9.94. The van der Waals surface area contributed by atoms with Crippen LogP contribution < -0.4 is 9.47 Å². The Morgan fingerprint density at radius 2 is 0.900 bits per heavy atom. The van der Waals surface area contributed by atoms with Gasteiger partial charge in [0.05, 0.1) is 13.2 Å². The first-order chi connectivity index (χ1) is 24.4. The van der Waals surface area contributed by atoms with E-state index in [-0.39, 0.29) is 12.2 Å². The average Bonchev–Trinajstić information content (AvgIpc) is 3.16. The minimum Gasteiger partial charge on any atom is -0.457 e. The molecule has 0 radical (unpaired) electrons. The van der Waals surface area contributed by atoms with Gasteiger partial charge in [-0.15, -0.1) is 0 Å². The maximum atomic E-state index is 6.23. The van der Waals surface area contributed by atoms with Crippen molar-refractivity contribution in [3.05, 3.63) is 109 Å². The van der Waals surface area contributed by atoms with Gasteiger partial charge in [-0.25, -0.2) is 19.6 Å². The van der Waals surface area contributed by atoms with E-state index in [0.29, 0.717) is 13.2 Å². The highest BCUT2D eigenvalue weighted by atomic mass is 17.2. The van der Waals surface area contributed by atoms with E-state index in [4.69, 9.17) is 38.5 Å². The van der Waals surface area contributed by atoms with Gasteiger partial charge in [0.1, 0.15) is 35.2 Å². The fourth-order valence-corrected chi connectivity index (χ4v) is 7.25. The molecule has 0 aromatic heterocycles. The van der Waals surface area contributed by atoms with Crippen molar-refractivity contribution < 1.29 is 38.5 Å². The topological polar surface area (TPSA) is 73.8 Å². The van der Waals surface area contributed by atoms with Crippen LogP contribution in [-0.4, -0.2) is 37.0 Å². The van der Waals surface area contributed by atoms with E-state index in [9.17, 15) is 0 Å². The Morgan fingerprint density at radius 1 is 0.500 bits per heavy atom. The number of hydrogen-bond acceptors (Lipinski definition) is 8. The van der Waals surface area contributed by atoms with Crippen molar-refractivity contribution in [3.63, 3.8) is 0 Å². The van der Waals surface area contributed by atoms with Gasteiger partial charge in [-0.2, -0.15) is 0 Å². The van der Waals surface area contributed by atoms with Crippen molar-refractivity contribution in [3.8, 4) is 23.0 Å². The molecule has 8 heteroatoms. The minimum atomic E-state index is -0.587. The first-order valence-corrected chi connectivity index (χ1v) is 17.9. The number of fused-ring (bicyclic) bond motifs is 1. The largest absolute Gasteiger partial charge is 0.457 e. The van der Waals surface area contributed by atoms with Crippen LogP contribution in [0.5, 0.6) is 23.0 Å². The average molecular weight is 677 g/mol. The van der Waals surface area contributed by atoms with Crippen LogP contribution in [0.4, 0.5) is 0 Å². The molecule has 260 valence electrons. The smallest absolute Gasteiger partial charge is 0.201 e. The zero-order valence-electron chi connectivity index (χ0n) is 28.4. The van der Waals surface area contributed by atoms with Crippen LogP contribution in [-0.2, 0) is 29.0 Å². The number of rotatable bonds is 8. The fraction of sp³-hybridized carbons (Fsp3) is 0.381. The summed E-state index contributed by atoms with van der Waals surface area (Å²) in [5.74, 6) is 1.72. The van der Waals surface area contributed by atoms with E-state index in [0.717, 1.165) is 107 Å². The summed E-state index contributed by atoms with van der Waals surface area (Å²) in [5, 5.41) is 2.09. The molecular weight excluding hydrogens is 632 g/mol. The summed E-state index contributed by atoms with van der Waals surface area (Å²) < 4.78 is 24.7. The lowest BCUT2D eigenvalue weighted by molar-refractivity contribution is -0.483. The highest BCUT2D eigenvalue weighted by molar-refractivity contribution is 5.85. The molecule has 8 rings (SSSR count). The van der Waals surface area contributed by atoms with E-state index in [1.807, 2.05) is 84.9 Å². The highest BCUT2D eigenvalue weighted by Crippen LogP contribution is 2.40. The molecule has 4 fully saturated rings. The number of benzene rings is 4. The van der Waals surface area contributed by atoms with Crippen LogP contribution >= 0.6 is 0 Å². The van der Waals surface area contributed by atoms with Crippen LogP contribution in [0.15, 0.2) is 98.1 Å². The van der Waals surface area contributed by atoms with Gasteiger partial charge < -0.3 is 18.9 Å². The summed E-state index contributed by atoms with van der Waals surface area (Å²) in [4.78, 5) is 23.1. The van der Waals surface area contributed by atoms with Crippen molar-refractivity contribution in [2.24, 2.45) is 0 Å². The fourth-order valence-electron chi connectivity index (χ4n) is 7.25. The molecular formula is C42H44O8. The van der Waals surface area contributed by atoms with Crippen molar-refractivity contribution in [1.29, 1.82) is 0 Å². The van der Waals surface area contributed by atoms with Gasteiger partial charge in [0, 0.05) is 25.7 Å². The van der Waals surface area contributed by atoms with Crippen molar-refractivity contribution in [2.45, 2.75) is 88.0 Å². The maximum absolute atomic E-state index is 6.23. The number of ether oxygens (including phenoxy) is 4. The summed E-state index contributed by atoms with van der Waals surface area (Å²) in [5.41, 5.74) is 3.53. The highest BCUT2D eigenvalue weighted by Gasteiger charge is 2.42. The van der Waals surface area contributed by atoms with E-state index in [1.54, 1.807) is 0 Å². The van der Waals surface area contributed by atoms with Crippen LogP contribution in [0.25, 0.3) is 21.9 Å². The molecule has 0 N–H and O–H groups in total. The molecule has 2 saturated heterocycles. The molecule has 2 spiro atoms. The Kier molecular flexibility index (Phi) is 9.48. The maximum Gasteiger partial charge on any atom is 0.201 e. The van der Waals surface area contributed by atoms with Crippen LogP contribution in [0.1, 0.15) is 75.3 Å². The minimum absolute atomic E-state index is 0.348. The van der Waals surface area contributed by atoms with Gasteiger partial charge in [-0.1, -0.05) is 62.4 Å². The second kappa shape index (κ2) is 14.3. The third kappa shape index (κ3) is 7.23. The summed E-state index contributed by atoms with van der Waals surface area (Å²) in [6.07, 6.45) is 9.61. The number of hydrogen-bond donors (Lipinski definition) is 0. The van der Waals surface area contributed by atoms with E-state index in [1.165, 1.54) is 12.8 Å². The molecule has 0 amide bonds. The Bertz CT molecular complexity index is 1670. The normalized spacial score (nSPS) is 23.0. The lowest BCUT2D eigenvalue weighted by Crippen LogP contribution is -2.46. The van der Waals surface area contributed by atoms with Crippen LogP contribution in [0.3, 0.4) is 0 Å². The van der Waals surface area contributed by atoms with E-state index >= 15 is 0 Å². The predicted octanol–water partition coefficient (Wildman–Crippen LogP) is 10.5. The summed E-state index contributed by atoms with van der Waals surface area (Å²) in [6, 6.07) is 27.7. The molecule has 50 heavy (non-hydrogen) atoms. The quantitative estimate of drug-likeness (QED) is 0.171. The molecule has 2 atom stereocenters. The van der Waals surface area contributed by atoms with Gasteiger partial charge in [0.2, 0.25) is 11.6 Å². The molecule has 2 aliphatic carbocycles. The summed E-state index contributed by atoms with van der Waals surface area (Å²) in [6.45, 7) is 9.38. The Morgan fingerprint density at radius 3 is 1.28 bits per heavy atom. The molecule has 2 heterocycles. The van der Waals surface area contributed by atoms with Crippen molar-refractivity contribution in [1.82, 2.24) is 0 Å². The van der Waals surface area contributed by atoms with Crippen LogP contribution in [0, 0.1) is 0 Å². The molecule has 2 aliphatic heterocycles. The molecule has 2 saturated carbocycles. The third-order valence-electron chi connectivity index (χ3n) is 10.3. The van der Waals surface area contributed by atoms with Crippen molar-refractivity contribution >= 4 is 21.9 Å². The molecule has 8 nitrogen and oxygen atoms in total. The summed E-state index contributed by atoms with van der Waals surface area (Å²) in [7, 11) is 0. The lowest BCUT2D eigenvalue weighted by Gasteiger charge is -2.41. The van der Waals surface area contributed by atoms with E-state index < -0.39 is 11.6 Å². The zero-order valence-corrected chi connectivity index (χ0v) is 28.4. The van der Waals surface area contributed by atoms with E-state index in [2.05, 4.69) is 13.2 Å². The zero-order chi connectivity index (χ0) is 34.0. The van der Waals surface area contributed by atoms with Crippen molar-refractivity contribution in [2.75, 3.05) is 13.2 Å². The molecule has 4 aliphatic rings.